The molecule has 1 heterocycles. The summed E-state index contributed by atoms with van der Waals surface area (Å²) < 4.78 is 0. The molecule has 0 fully saturated rings. The summed E-state index contributed by atoms with van der Waals surface area (Å²) in [7, 11) is 0. The maximum absolute atomic E-state index is 3.51. The van der Waals surface area contributed by atoms with Crippen LogP contribution in [0.2, 0.25) is 0 Å². The number of allylic oxidation sites excluding steroid dienone is 2. The van der Waals surface area contributed by atoms with Crippen LogP contribution in [0.4, 0.5) is 0 Å². The lowest BCUT2D eigenvalue weighted by atomic mass is 10.1. The van der Waals surface area contributed by atoms with E-state index in [1.54, 1.807) is 11.4 Å². The van der Waals surface area contributed by atoms with Crippen molar-refractivity contribution in [2.75, 3.05) is 0 Å². The van der Waals surface area contributed by atoms with Crippen molar-refractivity contribution in [2.24, 2.45) is 0 Å². The molecule has 112 valence electrons. The second kappa shape index (κ2) is 11.4. The van der Waals surface area contributed by atoms with Crippen molar-refractivity contribution in [1.29, 1.82) is 0 Å². The van der Waals surface area contributed by atoms with Crippen LogP contribution in [0.1, 0.15) is 104 Å². The Morgan fingerprint density at radius 3 is 1.32 bits per heavy atom. The number of hydrogen-bond donors (Lipinski definition) is 1. The minimum Gasteiger partial charge on any atom is -0.359 e. The van der Waals surface area contributed by atoms with E-state index in [4.69, 9.17) is 0 Å². The number of hydrogen-bond acceptors (Lipinski definition) is 1. The fourth-order valence-electron chi connectivity index (χ4n) is 2.74. The third kappa shape index (κ3) is 9.13. The maximum Gasteiger partial charge on any atom is 0.0345 e. The lowest BCUT2D eigenvalue weighted by Gasteiger charge is -1.97. The van der Waals surface area contributed by atoms with Crippen molar-refractivity contribution in [2.45, 2.75) is 104 Å². The van der Waals surface area contributed by atoms with Gasteiger partial charge in [-0.25, -0.2) is 0 Å². The first-order chi connectivity index (χ1) is 9.38. The van der Waals surface area contributed by atoms with Gasteiger partial charge in [-0.05, 0) is 25.7 Å². The highest BCUT2D eigenvalue weighted by atomic mass is 15.0. The molecule has 1 nitrogen and oxygen atoms in total. The molecular weight excluding hydrogens is 230 g/mol. The molecule has 1 heteroatoms. The average molecular weight is 265 g/mol. The molecular formula is C18H35N. The Morgan fingerprint density at radius 2 is 0.895 bits per heavy atom. The minimum atomic E-state index is 1.32. The highest BCUT2D eigenvalue weighted by Crippen LogP contribution is 2.26. The maximum atomic E-state index is 3.51. The normalized spacial score (nSPS) is 13.8. The summed E-state index contributed by atoms with van der Waals surface area (Å²) in [5, 5.41) is 3.51. The fourth-order valence-corrected chi connectivity index (χ4v) is 2.74. The molecule has 19 heavy (non-hydrogen) atoms. The van der Waals surface area contributed by atoms with Crippen LogP contribution in [0.15, 0.2) is 11.4 Å². The third-order valence-corrected chi connectivity index (χ3v) is 4.16. The molecule has 0 aromatic heterocycles. The van der Waals surface area contributed by atoms with Crippen molar-refractivity contribution in [3.63, 3.8) is 0 Å². The van der Waals surface area contributed by atoms with Crippen molar-refractivity contribution in [3.8, 4) is 0 Å². The van der Waals surface area contributed by atoms with Gasteiger partial charge in [-0.1, -0.05) is 78.1 Å². The van der Waals surface area contributed by atoms with Gasteiger partial charge in [0.25, 0.3) is 0 Å². The van der Waals surface area contributed by atoms with Crippen LogP contribution < -0.4 is 5.32 Å². The van der Waals surface area contributed by atoms with Crippen LogP contribution >= 0.6 is 0 Å². The molecule has 0 bridgehead atoms. The zero-order chi connectivity index (χ0) is 13.8. The number of nitrogens with one attached hydrogen (secondary N) is 1. The summed E-state index contributed by atoms with van der Waals surface area (Å²) in [4.78, 5) is 0. The van der Waals surface area contributed by atoms with Gasteiger partial charge in [0.15, 0.2) is 0 Å². The Bertz CT molecular complexity index is 218. The highest BCUT2D eigenvalue weighted by Gasteiger charge is 2.18. The van der Waals surface area contributed by atoms with Gasteiger partial charge in [0.1, 0.15) is 0 Å². The van der Waals surface area contributed by atoms with E-state index in [1.165, 1.54) is 89.9 Å². The summed E-state index contributed by atoms with van der Waals surface area (Å²) in [5.41, 5.74) is 3.17. The van der Waals surface area contributed by atoms with E-state index >= 15 is 0 Å². The van der Waals surface area contributed by atoms with Gasteiger partial charge in [-0.3, -0.25) is 0 Å². The topological polar surface area (TPSA) is 21.9 Å². The monoisotopic (exact) mass is 265 g/mol. The summed E-state index contributed by atoms with van der Waals surface area (Å²) in [5.74, 6) is 0. The van der Waals surface area contributed by atoms with Crippen LogP contribution in [-0.4, -0.2) is 0 Å². The summed E-state index contributed by atoms with van der Waals surface area (Å²) >= 11 is 0. The second-order valence-corrected chi connectivity index (χ2v) is 6.12. The first kappa shape index (κ1) is 16.6. The molecule has 1 aliphatic rings. The van der Waals surface area contributed by atoms with Gasteiger partial charge < -0.3 is 5.32 Å². The Hall–Kier alpha value is -0.460. The standard InChI is InChI=1S/C18H35N/c1-3-5-7-9-11-13-15-17-18(19-17)16-14-12-10-8-6-4-2/h19H,3-16H2,1-2H3. The van der Waals surface area contributed by atoms with E-state index in [0.717, 1.165) is 0 Å². The van der Waals surface area contributed by atoms with Crippen molar-refractivity contribution in [3.05, 3.63) is 11.4 Å². The molecule has 0 aromatic rings. The smallest absolute Gasteiger partial charge is 0.0345 e. The Labute approximate surface area is 121 Å². The Balaban J connectivity index is 1.84. The molecule has 1 N–H and O–H groups in total. The molecule has 0 amide bonds. The zero-order valence-corrected chi connectivity index (χ0v) is 13.4. The van der Waals surface area contributed by atoms with E-state index in [9.17, 15) is 0 Å². The van der Waals surface area contributed by atoms with E-state index in [2.05, 4.69) is 19.2 Å². The molecule has 0 atom stereocenters. The molecule has 1 rings (SSSR count). The summed E-state index contributed by atoms with van der Waals surface area (Å²) in [6, 6.07) is 0. The van der Waals surface area contributed by atoms with Gasteiger partial charge in [-0.2, -0.15) is 0 Å². The lowest BCUT2D eigenvalue weighted by molar-refractivity contribution is 0.606. The average Bonchev–Trinajstić information content (AvgIpc) is 3.16. The van der Waals surface area contributed by atoms with E-state index in [-0.39, 0.29) is 0 Å². The molecule has 1 aliphatic heterocycles. The SMILES string of the molecule is CCCCCCCCC1=C(CCCCCCCC)N1. The van der Waals surface area contributed by atoms with Crippen molar-refractivity contribution < 1.29 is 0 Å². The molecule has 0 saturated heterocycles. The fraction of sp³-hybridized carbons (Fsp3) is 0.889. The van der Waals surface area contributed by atoms with Gasteiger partial charge in [0.2, 0.25) is 0 Å². The van der Waals surface area contributed by atoms with Gasteiger partial charge in [-0.15, -0.1) is 0 Å². The third-order valence-electron chi connectivity index (χ3n) is 4.16. The minimum absolute atomic E-state index is 1.32. The van der Waals surface area contributed by atoms with Crippen LogP contribution in [-0.2, 0) is 0 Å². The van der Waals surface area contributed by atoms with Crippen LogP contribution in [0.5, 0.6) is 0 Å². The molecule has 0 radical (unpaired) electrons. The largest absolute Gasteiger partial charge is 0.359 e. The van der Waals surface area contributed by atoms with E-state index < -0.39 is 0 Å². The first-order valence-corrected chi connectivity index (χ1v) is 8.87. The van der Waals surface area contributed by atoms with Gasteiger partial charge in [0, 0.05) is 11.4 Å². The molecule has 0 aliphatic carbocycles. The quantitative estimate of drug-likeness (QED) is 0.366. The predicted molar refractivity (Wildman–Crippen MR) is 86.1 cm³/mol. The molecule has 0 aromatic carbocycles. The summed E-state index contributed by atoms with van der Waals surface area (Å²) in [6.07, 6.45) is 19.6. The van der Waals surface area contributed by atoms with E-state index in [0.29, 0.717) is 0 Å². The van der Waals surface area contributed by atoms with Crippen molar-refractivity contribution in [1.82, 2.24) is 5.32 Å². The highest BCUT2D eigenvalue weighted by molar-refractivity contribution is 5.29. The first-order valence-electron chi connectivity index (χ1n) is 8.87. The lowest BCUT2D eigenvalue weighted by Crippen LogP contribution is -1.84. The predicted octanol–water partition coefficient (Wildman–Crippen LogP) is 6.30. The number of rotatable bonds is 14. The van der Waals surface area contributed by atoms with Gasteiger partial charge in [0.05, 0.1) is 0 Å². The second-order valence-electron chi connectivity index (χ2n) is 6.12. The molecule has 0 saturated carbocycles. The summed E-state index contributed by atoms with van der Waals surface area (Å²) in [6.45, 7) is 4.57. The number of unbranched alkanes of at least 4 members (excludes halogenated alkanes) is 10. The molecule has 0 unspecified atom stereocenters. The molecule has 0 spiro atoms. The Kier molecular flexibility index (Phi) is 9.93. The zero-order valence-electron chi connectivity index (χ0n) is 13.4. The van der Waals surface area contributed by atoms with Crippen LogP contribution in [0, 0.1) is 0 Å². The van der Waals surface area contributed by atoms with Crippen molar-refractivity contribution >= 4 is 0 Å². The van der Waals surface area contributed by atoms with Crippen LogP contribution in [0.3, 0.4) is 0 Å². The van der Waals surface area contributed by atoms with Gasteiger partial charge >= 0.3 is 0 Å². The van der Waals surface area contributed by atoms with Crippen LogP contribution in [0.25, 0.3) is 0 Å². The van der Waals surface area contributed by atoms with E-state index in [1.807, 2.05) is 0 Å². The Morgan fingerprint density at radius 1 is 0.526 bits per heavy atom.